The second-order valence-electron chi connectivity index (χ2n) is 6.58. The van der Waals surface area contributed by atoms with Crippen molar-refractivity contribution in [2.24, 2.45) is 5.92 Å². The van der Waals surface area contributed by atoms with Gasteiger partial charge in [0.25, 0.3) is 0 Å². The van der Waals surface area contributed by atoms with E-state index in [9.17, 15) is 4.79 Å². The van der Waals surface area contributed by atoms with Crippen LogP contribution in [0.4, 0.5) is 4.79 Å². The summed E-state index contributed by atoms with van der Waals surface area (Å²) in [6.45, 7) is 2.18. The molecule has 2 aromatic rings. The van der Waals surface area contributed by atoms with Crippen LogP contribution in [0, 0.1) is 5.92 Å². The summed E-state index contributed by atoms with van der Waals surface area (Å²) < 4.78 is 5.81. The summed E-state index contributed by atoms with van der Waals surface area (Å²) >= 11 is 1.69. The van der Waals surface area contributed by atoms with Gasteiger partial charge < -0.3 is 15.0 Å². The van der Waals surface area contributed by atoms with Crippen LogP contribution in [0.25, 0.3) is 0 Å². The first kappa shape index (κ1) is 15.5. The Morgan fingerprint density at radius 3 is 3.12 bits per heavy atom. The van der Waals surface area contributed by atoms with Crippen molar-refractivity contribution < 1.29 is 9.53 Å². The lowest BCUT2D eigenvalue weighted by Crippen LogP contribution is -2.43. The molecule has 1 aromatic heterocycles. The molecule has 0 unspecified atom stereocenters. The van der Waals surface area contributed by atoms with Crippen molar-refractivity contribution in [1.82, 2.24) is 10.2 Å². The fourth-order valence-electron chi connectivity index (χ4n) is 3.68. The second-order valence-corrected chi connectivity index (χ2v) is 7.36. The summed E-state index contributed by atoms with van der Waals surface area (Å²) in [4.78, 5) is 14.6. The van der Waals surface area contributed by atoms with Crippen LogP contribution in [-0.2, 0) is 6.42 Å². The first-order chi connectivity index (χ1) is 11.8. The molecule has 126 valence electrons. The lowest BCUT2D eigenvalue weighted by Gasteiger charge is -2.28. The Morgan fingerprint density at radius 1 is 1.33 bits per heavy atom. The van der Waals surface area contributed by atoms with E-state index in [4.69, 9.17) is 4.74 Å². The third kappa shape index (κ3) is 3.13. The Kier molecular flexibility index (Phi) is 4.43. The van der Waals surface area contributed by atoms with E-state index in [1.54, 1.807) is 11.3 Å². The van der Waals surface area contributed by atoms with E-state index in [0.29, 0.717) is 19.1 Å². The number of fused-ring (bicyclic) bond motifs is 1. The molecule has 0 saturated carbocycles. The molecule has 2 aliphatic rings. The number of hydrogen-bond acceptors (Lipinski definition) is 3. The van der Waals surface area contributed by atoms with Crippen molar-refractivity contribution in [3.05, 3.63) is 52.2 Å². The number of carbonyl (C=O) groups is 1. The highest BCUT2D eigenvalue weighted by molar-refractivity contribution is 7.07. The number of para-hydroxylation sites is 1. The summed E-state index contributed by atoms with van der Waals surface area (Å²) in [6.07, 6.45) is 3.10. The van der Waals surface area contributed by atoms with Crippen LogP contribution >= 0.6 is 11.3 Å². The van der Waals surface area contributed by atoms with E-state index < -0.39 is 0 Å². The Morgan fingerprint density at radius 2 is 2.25 bits per heavy atom. The molecule has 1 saturated heterocycles. The molecule has 4 rings (SSSR count). The highest BCUT2D eigenvalue weighted by Crippen LogP contribution is 2.33. The maximum atomic E-state index is 12.6. The molecule has 2 aliphatic heterocycles. The number of thiophene rings is 1. The molecule has 1 aromatic carbocycles. The van der Waals surface area contributed by atoms with Gasteiger partial charge in [-0.3, -0.25) is 0 Å². The molecule has 1 N–H and O–H groups in total. The van der Waals surface area contributed by atoms with E-state index >= 15 is 0 Å². The minimum absolute atomic E-state index is 0.0579. The Hall–Kier alpha value is -2.01. The van der Waals surface area contributed by atoms with Gasteiger partial charge in [0.2, 0.25) is 0 Å². The van der Waals surface area contributed by atoms with Crippen LogP contribution in [0.1, 0.15) is 30.0 Å². The fraction of sp³-hybridized carbons (Fsp3) is 0.421. The van der Waals surface area contributed by atoms with E-state index in [1.807, 2.05) is 23.1 Å². The average Bonchev–Trinajstić information content (AvgIpc) is 3.30. The van der Waals surface area contributed by atoms with Gasteiger partial charge in [-0.05, 0) is 53.3 Å². The molecule has 2 amide bonds. The van der Waals surface area contributed by atoms with Crippen molar-refractivity contribution >= 4 is 17.4 Å². The molecule has 2 atom stereocenters. The maximum Gasteiger partial charge on any atom is 0.317 e. The molecule has 4 nitrogen and oxygen atoms in total. The summed E-state index contributed by atoms with van der Waals surface area (Å²) in [5, 5.41) is 7.37. The Labute approximate surface area is 146 Å². The quantitative estimate of drug-likeness (QED) is 0.921. The van der Waals surface area contributed by atoms with Gasteiger partial charge in [-0.25, -0.2) is 4.79 Å². The largest absolute Gasteiger partial charge is 0.493 e. The monoisotopic (exact) mass is 342 g/mol. The molecule has 0 radical (unpaired) electrons. The zero-order valence-corrected chi connectivity index (χ0v) is 14.4. The number of nitrogens with zero attached hydrogens (tertiary/aromatic N) is 1. The van der Waals surface area contributed by atoms with Gasteiger partial charge >= 0.3 is 6.03 Å². The summed E-state index contributed by atoms with van der Waals surface area (Å²) in [6, 6.07) is 10.6. The molecule has 1 fully saturated rings. The predicted molar refractivity (Wildman–Crippen MR) is 95.5 cm³/mol. The minimum Gasteiger partial charge on any atom is -0.493 e. The third-order valence-corrected chi connectivity index (χ3v) is 5.64. The number of carbonyl (C=O) groups excluding carboxylic acids is 1. The van der Waals surface area contributed by atoms with Gasteiger partial charge in [-0.2, -0.15) is 11.3 Å². The van der Waals surface area contributed by atoms with Crippen LogP contribution in [0.15, 0.2) is 41.1 Å². The number of ether oxygens (including phenoxy) is 1. The van der Waals surface area contributed by atoms with Gasteiger partial charge in [0.05, 0.1) is 12.6 Å². The number of hydrogen-bond donors (Lipinski definition) is 1. The highest BCUT2D eigenvalue weighted by atomic mass is 32.1. The third-order valence-electron chi connectivity index (χ3n) is 4.94. The normalized spacial score (nSPS) is 22.8. The SMILES string of the molecule is O=C(NC[C@@H]1COc2ccccc2C1)N1CCC[C@H]1c1ccsc1. The van der Waals surface area contributed by atoms with Crippen LogP contribution < -0.4 is 10.1 Å². The number of rotatable bonds is 3. The molecule has 24 heavy (non-hydrogen) atoms. The first-order valence-electron chi connectivity index (χ1n) is 8.58. The van der Waals surface area contributed by atoms with Gasteiger partial charge in [-0.1, -0.05) is 18.2 Å². The number of nitrogens with one attached hydrogen (secondary N) is 1. The van der Waals surface area contributed by atoms with Gasteiger partial charge in [0, 0.05) is 19.0 Å². The van der Waals surface area contributed by atoms with Gasteiger partial charge in [0.1, 0.15) is 5.75 Å². The summed E-state index contributed by atoms with van der Waals surface area (Å²) in [7, 11) is 0. The molecule has 0 aliphatic carbocycles. The van der Waals surface area contributed by atoms with E-state index in [1.165, 1.54) is 11.1 Å². The number of amides is 2. The Bertz CT molecular complexity index is 701. The minimum atomic E-state index is 0.0579. The number of benzene rings is 1. The molecule has 3 heterocycles. The lowest BCUT2D eigenvalue weighted by atomic mass is 9.97. The number of urea groups is 1. The lowest BCUT2D eigenvalue weighted by molar-refractivity contribution is 0.182. The van der Waals surface area contributed by atoms with E-state index in [-0.39, 0.29) is 12.1 Å². The molecular formula is C19H22N2O2S. The molecule has 0 bridgehead atoms. The zero-order valence-electron chi connectivity index (χ0n) is 13.6. The van der Waals surface area contributed by atoms with Crippen LogP contribution in [-0.4, -0.2) is 30.6 Å². The van der Waals surface area contributed by atoms with Crippen molar-refractivity contribution in [2.75, 3.05) is 19.7 Å². The van der Waals surface area contributed by atoms with Crippen molar-refractivity contribution in [3.8, 4) is 5.75 Å². The second kappa shape index (κ2) is 6.85. The molecule has 5 heteroatoms. The first-order valence-corrected chi connectivity index (χ1v) is 9.53. The highest BCUT2D eigenvalue weighted by Gasteiger charge is 2.30. The maximum absolute atomic E-state index is 12.6. The van der Waals surface area contributed by atoms with Crippen molar-refractivity contribution in [3.63, 3.8) is 0 Å². The van der Waals surface area contributed by atoms with E-state index in [2.05, 4.69) is 28.2 Å². The summed E-state index contributed by atoms with van der Waals surface area (Å²) in [5.74, 6) is 1.32. The average molecular weight is 342 g/mol. The van der Waals surface area contributed by atoms with Crippen LogP contribution in [0.3, 0.4) is 0 Å². The number of likely N-dealkylation sites (tertiary alicyclic amines) is 1. The fourth-order valence-corrected chi connectivity index (χ4v) is 4.38. The van der Waals surface area contributed by atoms with Crippen molar-refractivity contribution in [1.29, 1.82) is 0 Å². The topological polar surface area (TPSA) is 41.6 Å². The van der Waals surface area contributed by atoms with Gasteiger partial charge in [-0.15, -0.1) is 0 Å². The molecular weight excluding hydrogens is 320 g/mol. The molecule has 0 spiro atoms. The zero-order chi connectivity index (χ0) is 16.4. The predicted octanol–water partition coefficient (Wildman–Crippen LogP) is 3.85. The van der Waals surface area contributed by atoms with Crippen molar-refractivity contribution in [2.45, 2.75) is 25.3 Å². The summed E-state index contributed by atoms with van der Waals surface area (Å²) in [5.41, 5.74) is 2.50. The van der Waals surface area contributed by atoms with E-state index in [0.717, 1.165) is 31.6 Å². The Balaban J connectivity index is 1.34. The van der Waals surface area contributed by atoms with Crippen LogP contribution in [0.2, 0.25) is 0 Å². The van der Waals surface area contributed by atoms with Crippen LogP contribution in [0.5, 0.6) is 5.75 Å². The van der Waals surface area contributed by atoms with Gasteiger partial charge in [0.15, 0.2) is 0 Å². The smallest absolute Gasteiger partial charge is 0.317 e. The standard InChI is InChI=1S/C19H22N2O2S/c22-19(21-8-3-5-17(21)16-7-9-24-13-16)20-11-14-10-15-4-1-2-6-18(15)23-12-14/h1-2,4,6-7,9,13-14,17H,3,5,8,10-12H2,(H,20,22)/t14-,17+/m1/s1.